The zero-order valence-corrected chi connectivity index (χ0v) is 18.9. The Balaban J connectivity index is 2.20. The van der Waals surface area contributed by atoms with Crippen molar-refractivity contribution >= 4 is 11.8 Å². The van der Waals surface area contributed by atoms with E-state index in [9.17, 15) is 9.50 Å². The summed E-state index contributed by atoms with van der Waals surface area (Å²) in [6, 6.07) is 13.0. The Morgan fingerprint density at radius 1 is 1.03 bits per heavy atom. The lowest BCUT2D eigenvalue weighted by molar-refractivity contribution is 0.122. The van der Waals surface area contributed by atoms with Crippen molar-refractivity contribution in [3.05, 3.63) is 59.4 Å². The van der Waals surface area contributed by atoms with Crippen LogP contribution in [0.5, 0.6) is 5.75 Å². The van der Waals surface area contributed by atoms with Crippen LogP contribution in [-0.2, 0) is 6.42 Å². The number of methoxy groups -OCH3 is 1. The van der Waals surface area contributed by atoms with E-state index in [1.165, 1.54) is 6.07 Å². The Morgan fingerprint density at radius 3 is 2.38 bits per heavy atom. The highest BCUT2D eigenvalue weighted by Crippen LogP contribution is 2.38. The molecule has 0 aliphatic rings. The van der Waals surface area contributed by atoms with Crippen LogP contribution in [0.25, 0.3) is 0 Å². The van der Waals surface area contributed by atoms with Gasteiger partial charge in [-0.2, -0.15) is 0 Å². The van der Waals surface area contributed by atoms with Gasteiger partial charge in [-0.3, -0.25) is 0 Å². The SMILES string of the molecule is CCCCC(CO)(CCCC)CSc1ccc(F)cc1Cc1cccc(OC)c1. The number of ether oxygens (including phenoxy) is 1. The van der Waals surface area contributed by atoms with Crippen molar-refractivity contribution in [1.82, 2.24) is 0 Å². The average Bonchev–Trinajstić information content (AvgIpc) is 2.75. The van der Waals surface area contributed by atoms with Crippen LogP contribution in [0.2, 0.25) is 0 Å². The number of aliphatic hydroxyl groups is 1. The van der Waals surface area contributed by atoms with E-state index < -0.39 is 0 Å². The van der Waals surface area contributed by atoms with Crippen LogP contribution < -0.4 is 4.74 Å². The van der Waals surface area contributed by atoms with Gasteiger partial charge in [-0.15, -0.1) is 11.8 Å². The van der Waals surface area contributed by atoms with Crippen LogP contribution in [0.15, 0.2) is 47.4 Å². The maximum Gasteiger partial charge on any atom is 0.123 e. The van der Waals surface area contributed by atoms with Gasteiger partial charge in [0.25, 0.3) is 0 Å². The van der Waals surface area contributed by atoms with E-state index in [0.717, 1.165) is 66.0 Å². The second-order valence-corrected chi connectivity index (χ2v) is 8.95. The molecule has 0 fully saturated rings. The first kappa shape index (κ1) is 23.8. The van der Waals surface area contributed by atoms with Crippen molar-refractivity contribution in [3.8, 4) is 5.75 Å². The Hall–Kier alpha value is -1.52. The molecule has 160 valence electrons. The maximum absolute atomic E-state index is 14.0. The number of benzene rings is 2. The third-order valence-corrected chi connectivity index (χ3v) is 7.01. The molecule has 2 aromatic carbocycles. The van der Waals surface area contributed by atoms with Crippen LogP contribution in [0.1, 0.15) is 63.5 Å². The smallest absolute Gasteiger partial charge is 0.123 e. The molecule has 0 aromatic heterocycles. The molecule has 0 saturated carbocycles. The van der Waals surface area contributed by atoms with E-state index >= 15 is 0 Å². The van der Waals surface area contributed by atoms with Gasteiger partial charge >= 0.3 is 0 Å². The number of hydrogen-bond donors (Lipinski definition) is 1. The van der Waals surface area contributed by atoms with E-state index in [1.54, 1.807) is 24.9 Å². The van der Waals surface area contributed by atoms with Crippen LogP contribution in [0.4, 0.5) is 4.39 Å². The topological polar surface area (TPSA) is 29.5 Å². The zero-order valence-electron chi connectivity index (χ0n) is 18.0. The fraction of sp³-hybridized carbons (Fsp3) is 0.520. The third kappa shape index (κ3) is 7.35. The van der Waals surface area contributed by atoms with Gasteiger partial charge in [-0.25, -0.2) is 4.39 Å². The monoisotopic (exact) mass is 418 g/mol. The summed E-state index contributed by atoms with van der Waals surface area (Å²) in [6.07, 6.45) is 7.27. The zero-order chi connectivity index (χ0) is 21.1. The molecule has 4 heteroatoms. The molecule has 2 aromatic rings. The largest absolute Gasteiger partial charge is 0.497 e. The number of thioether (sulfide) groups is 1. The highest BCUT2D eigenvalue weighted by atomic mass is 32.2. The van der Waals surface area contributed by atoms with Gasteiger partial charge in [-0.1, -0.05) is 51.7 Å². The number of hydrogen-bond acceptors (Lipinski definition) is 3. The molecule has 0 spiro atoms. The van der Waals surface area contributed by atoms with E-state index in [-0.39, 0.29) is 17.8 Å². The highest BCUT2D eigenvalue weighted by Gasteiger charge is 2.28. The summed E-state index contributed by atoms with van der Waals surface area (Å²) in [5, 5.41) is 10.2. The normalized spacial score (nSPS) is 11.6. The van der Waals surface area contributed by atoms with Crippen LogP contribution >= 0.6 is 11.8 Å². The van der Waals surface area contributed by atoms with E-state index in [2.05, 4.69) is 13.8 Å². The van der Waals surface area contributed by atoms with Crippen LogP contribution in [0, 0.1) is 11.2 Å². The van der Waals surface area contributed by atoms with E-state index in [0.29, 0.717) is 6.42 Å². The minimum absolute atomic E-state index is 0.0572. The van der Waals surface area contributed by atoms with Crippen molar-refractivity contribution in [2.75, 3.05) is 19.5 Å². The second kappa shape index (κ2) is 12.2. The molecule has 1 N–H and O–H groups in total. The molecule has 0 unspecified atom stereocenters. The van der Waals surface area contributed by atoms with Gasteiger partial charge in [-0.05, 0) is 60.7 Å². The summed E-state index contributed by atoms with van der Waals surface area (Å²) in [4.78, 5) is 1.10. The first-order chi connectivity index (χ1) is 14.1. The molecule has 0 heterocycles. The molecule has 0 atom stereocenters. The summed E-state index contributed by atoms with van der Waals surface area (Å²) in [5.74, 6) is 1.46. The molecule has 29 heavy (non-hydrogen) atoms. The molecular formula is C25H35FO2S. The van der Waals surface area contributed by atoms with E-state index in [4.69, 9.17) is 4.74 Å². The fourth-order valence-corrected chi connectivity index (χ4v) is 4.96. The van der Waals surface area contributed by atoms with E-state index in [1.807, 2.05) is 30.3 Å². The number of halogens is 1. The summed E-state index contributed by atoms with van der Waals surface area (Å²) in [7, 11) is 1.66. The average molecular weight is 419 g/mol. The Morgan fingerprint density at radius 2 is 1.76 bits per heavy atom. The molecule has 2 rings (SSSR count). The summed E-state index contributed by atoms with van der Waals surface area (Å²) in [6.45, 7) is 4.61. The lowest BCUT2D eigenvalue weighted by Crippen LogP contribution is -2.28. The Bertz CT molecular complexity index is 739. The minimum atomic E-state index is -0.211. The summed E-state index contributed by atoms with van der Waals surface area (Å²) < 4.78 is 19.3. The van der Waals surface area contributed by atoms with Crippen LogP contribution in [-0.4, -0.2) is 24.6 Å². The quantitative estimate of drug-likeness (QED) is 0.360. The minimum Gasteiger partial charge on any atom is -0.497 e. The number of aliphatic hydroxyl groups excluding tert-OH is 1. The molecule has 0 amide bonds. The molecule has 0 bridgehead atoms. The van der Waals surface area contributed by atoms with Crippen molar-refractivity contribution in [1.29, 1.82) is 0 Å². The van der Waals surface area contributed by atoms with Crippen LogP contribution in [0.3, 0.4) is 0 Å². The fourth-order valence-electron chi connectivity index (χ4n) is 3.64. The van der Waals surface area contributed by atoms with Gasteiger partial charge in [0, 0.05) is 22.7 Å². The summed E-state index contributed by atoms with van der Waals surface area (Å²) in [5.41, 5.74) is 2.03. The molecule has 0 saturated heterocycles. The second-order valence-electron chi connectivity index (χ2n) is 7.93. The third-order valence-electron chi connectivity index (χ3n) is 5.54. The molecule has 0 aliphatic carbocycles. The molecular weight excluding hydrogens is 383 g/mol. The molecule has 0 aliphatic heterocycles. The number of unbranched alkanes of at least 4 members (excludes halogenated alkanes) is 2. The van der Waals surface area contributed by atoms with Gasteiger partial charge in [0.05, 0.1) is 7.11 Å². The maximum atomic E-state index is 14.0. The van der Waals surface area contributed by atoms with Crippen molar-refractivity contribution < 1.29 is 14.2 Å². The lowest BCUT2D eigenvalue weighted by atomic mass is 9.81. The lowest BCUT2D eigenvalue weighted by Gasteiger charge is -2.32. The van der Waals surface area contributed by atoms with Crippen molar-refractivity contribution in [3.63, 3.8) is 0 Å². The van der Waals surface area contributed by atoms with Crippen molar-refractivity contribution in [2.45, 2.75) is 63.7 Å². The highest BCUT2D eigenvalue weighted by molar-refractivity contribution is 7.99. The Kier molecular flexibility index (Phi) is 10.0. The predicted octanol–water partition coefficient (Wildman–Crippen LogP) is 6.88. The molecule has 2 nitrogen and oxygen atoms in total. The standard InChI is InChI=1S/C25H35FO2S/c1-4-6-13-25(18-27,14-7-5-2)19-29-24-12-11-22(26)17-21(24)15-20-9-8-10-23(16-20)28-3/h8-12,16-17,27H,4-7,13-15,18-19H2,1-3H3. The van der Waals surface area contributed by atoms with Gasteiger partial charge < -0.3 is 9.84 Å². The first-order valence-electron chi connectivity index (χ1n) is 10.7. The van der Waals surface area contributed by atoms with Gasteiger partial charge in [0.15, 0.2) is 0 Å². The Labute approximate surface area is 179 Å². The first-order valence-corrected chi connectivity index (χ1v) is 11.7. The predicted molar refractivity (Wildman–Crippen MR) is 121 cm³/mol. The van der Waals surface area contributed by atoms with Gasteiger partial charge in [0.1, 0.15) is 11.6 Å². The van der Waals surface area contributed by atoms with Gasteiger partial charge in [0.2, 0.25) is 0 Å². The molecule has 0 radical (unpaired) electrons. The number of rotatable bonds is 13. The summed E-state index contributed by atoms with van der Waals surface area (Å²) >= 11 is 1.76. The van der Waals surface area contributed by atoms with Crippen molar-refractivity contribution in [2.24, 2.45) is 5.41 Å².